The predicted octanol–water partition coefficient (Wildman–Crippen LogP) is 1.24. The third-order valence-corrected chi connectivity index (χ3v) is 2.92. The number of aliphatic hydroxyl groups is 2. The molecule has 94 valence electrons. The topological polar surface area (TPSA) is 77.8 Å². The number of hydrogen-bond donors (Lipinski definition) is 3. The van der Waals surface area contributed by atoms with E-state index in [2.05, 4.69) is 15.9 Å². The van der Waals surface area contributed by atoms with E-state index >= 15 is 0 Å². The number of aliphatic hydroxyl groups excluding tert-OH is 2. The molecule has 4 nitrogen and oxygen atoms in total. The third-order valence-electron chi connectivity index (χ3n) is 2.26. The number of benzene rings is 1. The van der Waals surface area contributed by atoms with E-state index in [1.165, 1.54) is 12.1 Å². The zero-order chi connectivity index (χ0) is 13.0. The molecule has 2 unspecified atom stereocenters. The Morgan fingerprint density at radius 2 is 2.06 bits per heavy atom. The van der Waals surface area contributed by atoms with Crippen LogP contribution in [0.1, 0.15) is 17.2 Å². The van der Waals surface area contributed by atoms with Gasteiger partial charge in [0.05, 0.1) is 12.5 Å². The van der Waals surface area contributed by atoms with Crippen LogP contribution >= 0.6 is 15.9 Å². The number of halogens is 2. The molecule has 1 aromatic carbocycles. The summed E-state index contributed by atoms with van der Waals surface area (Å²) in [5, 5.41) is 27.6. The first kappa shape index (κ1) is 14.1. The van der Waals surface area contributed by atoms with Gasteiger partial charge in [0.15, 0.2) is 0 Å². The number of rotatable bonds is 5. The zero-order valence-electron chi connectivity index (χ0n) is 8.81. The number of hydrogen-bond acceptors (Lipinski definition) is 3. The van der Waals surface area contributed by atoms with Crippen molar-refractivity contribution in [3.8, 4) is 0 Å². The van der Waals surface area contributed by atoms with E-state index in [4.69, 9.17) is 5.11 Å². The molecule has 1 aromatic rings. The lowest BCUT2D eigenvalue weighted by Gasteiger charge is -2.16. The summed E-state index contributed by atoms with van der Waals surface area (Å²) in [6.45, 7) is 0. The number of carboxylic acids is 1. The monoisotopic (exact) mass is 306 g/mol. The fourth-order valence-corrected chi connectivity index (χ4v) is 1.74. The highest BCUT2D eigenvalue weighted by Gasteiger charge is 2.20. The fourth-order valence-electron chi connectivity index (χ4n) is 1.39. The summed E-state index contributed by atoms with van der Waals surface area (Å²) < 4.78 is 13.6. The second-order valence-corrected chi connectivity index (χ2v) is 4.24. The normalized spacial score (nSPS) is 14.4. The molecule has 17 heavy (non-hydrogen) atoms. The first-order valence-corrected chi connectivity index (χ1v) is 6.00. The average Bonchev–Trinajstić information content (AvgIpc) is 2.26. The average molecular weight is 307 g/mol. The van der Waals surface area contributed by atoms with Crippen molar-refractivity contribution < 1.29 is 24.5 Å². The van der Waals surface area contributed by atoms with E-state index in [9.17, 15) is 19.4 Å². The lowest BCUT2D eigenvalue weighted by Crippen LogP contribution is -2.20. The molecule has 0 radical (unpaired) electrons. The van der Waals surface area contributed by atoms with Gasteiger partial charge in [0.2, 0.25) is 0 Å². The molecule has 0 saturated heterocycles. The summed E-state index contributed by atoms with van der Waals surface area (Å²) >= 11 is 2.97. The lowest BCUT2D eigenvalue weighted by molar-refractivity contribution is -0.136. The van der Waals surface area contributed by atoms with Crippen LogP contribution in [0.3, 0.4) is 0 Å². The molecule has 0 bridgehead atoms. The smallest absolute Gasteiger partial charge is 0.307 e. The first-order chi connectivity index (χ1) is 7.95. The van der Waals surface area contributed by atoms with Crippen LogP contribution < -0.4 is 0 Å². The van der Waals surface area contributed by atoms with E-state index in [1.54, 1.807) is 0 Å². The van der Waals surface area contributed by atoms with E-state index in [0.29, 0.717) is 5.56 Å². The SMILES string of the molecule is O=C(O)Cc1ccc(C(O)C(O)CBr)c(F)c1. The van der Waals surface area contributed by atoms with Crippen LogP contribution in [0.2, 0.25) is 0 Å². The quantitative estimate of drug-likeness (QED) is 0.715. The van der Waals surface area contributed by atoms with Crippen molar-refractivity contribution in [1.29, 1.82) is 0 Å². The fraction of sp³-hybridized carbons (Fsp3) is 0.364. The molecule has 0 aliphatic rings. The van der Waals surface area contributed by atoms with E-state index < -0.39 is 24.0 Å². The van der Waals surface area contributed by atoms with Crippen LogP contribution in [0.25, 0.3) is 0 Å². The van der Waals surface area contributed by atoms with Gasteiger partial charge < -0.3 is 15.3 Å². The Hall–Kier alpha value is -0.980. The van der Waals surface area contributed by atoms with Crippen molar-refractivity contribution in [3.05, 3.63) is 35.1 Å². The highest BCUT2D eigenvalue weighted by Crippen LogP contribution is 2.22. The molecule has 0 aliphatic carbocycles. The van der Waals surface area contributed by atoms with Gasteiger partial charge in [-0.15, -0.1) is 0 Å². The summed E-state index contributed by atoms with van der Waals surface area (Å²) in [7, 11) is 0. The predicted molar refractivity (Wildman–Crippen MR) is 62.5 cm³/mol. The van der Waals surface area contributed by atoms with Gasteiger partial charge in [0, 0.05) is 10.9 Å². The molecule has 0 aromatic heterocycles. The summed E-state index contributed by atoms with van der Waals surface area (Å²) in [5.74, 6) is -1.78. The summed E-state index contributed by atoms with van der Waals surface area (Å²) in [5.41, 5.74) is 0.255. The van der Waals surface area contributed by atoms with Gasteiger partial charge in [0.25, 0.3) is 0 Å². The van der Waals surface area contributed by atoms with Crippen LogP contribution in [-0.4, -0.2) is 32.7 Å². The molecule has 0 saturated carbocycles. The van der Waals surface area contributed by atoms with Gasteiger partial charge in [-0.2, -0.15) is 0 Å². The van der Waals surface area contributed by atoms with E-state index in [0.717, 1.165) is 6.07 Å². The van der Waals surface area contributed by atoms with Crippen molar-refractivity contribution in [1.82, 2.24) is 0 Å². The molecule has 6 heteroatoms. The molecule has 0 amide bonds. The first-order valence-electron chi connectivity index (χ1n) is 4.88. The standard InChI is InChI=1S/C11H12BrFO4/c12-5-9(14)11(17)7-2-1-6(3-8(7)13)4-10(15)16/h1-3,9,11,14,17H,4-5H2,(H,15,16). The number of carbonyl (C=O) groups is 1. The highest BCUT2D eigenvalue weighted by molar-refractivity contribution is 9.09. The van der Waals surface area contributed by atoms with Crippen LogP contribution in [0, 0.1) is 5.82 Å². The van der Waals surface area contributed by atoms with Gasteiger partial charge in [-0.1, -0.05) is 28.1 Å². The van der Waals surface area contributed by atoms with Crippen molar-refractivity contribution in [2.24, 2.45) is 0 Å². The van der Waals surface area contributed by atoms with Crippen LogP contribution in [0.5, 0.6) is 0 Å². The van der Waals surface area contributed by atoms with Crippen molar-refractivity contribution in [2.45, 2.75) is 18.6 Å². The third kappa shape index (κ3) is 3.76. The Bertz CT molecular complexity index is 410. The Kier molecular flexibility index (Phi) is 5.04. The Labute approximate surface area is 106 Å². The van der Waals surface area contributed by atoms with Gasteiger partial charge in [-0.25, -0.2) is 4.39 Å². The summed E-state index contributed by atoms with van der Waals surface area (Å²) in [4.78, 5) is 10.4. The maximum Gasteiger partial charge on any atom is 0.307 e. The maximum atomic E-state index is 13.6. The molecule has 2 atom stereocenters. The Morgan fingerprint density at radius 3 is 2.53 bits per heavy atom. The number of aliphatic carboxylic acids is 1. The van der Waals surface area contributed by atoms with Crippen LogP contribution in [0.4, 0.5) is 4.39 Å². The van der Waals surface area contributed by atoms with Gasteiger partial charge in [-0.05, 0) is 11.6 Å². The van der Waals surface area contributed by atoms with Crippen molar-refractivity contribution in [2.75, 3.05) is 5.33 Å². The van der Waals surface area contributed by atoms with Gasteiger partial charge in [0.1, 0.15) is 11.9 Å². The minimum Gasteiger partial charge on any atom is -0.481 e. The summed E-state index contributed by atoms with van der Waals surface area (Å²) in [6.07, 6.45) is -2.74. The van der Waals surface area contributed by atoms with Crippen LogP contribution in [0.15, 0.2) is 18.2 Å². The second-order valence-electron chi connectivity index (χ2n) is 3.59. The molecular formula is C11H12BrFO4. The second kappa shape index (κ2) is 6.09. The molecule has 0 fully saturated rings. The van der Waals surface area contributed by atoms with Crippen LogP contribution in [-0.2, 0) is 11.2 Å². The number of carboxylic acid groups (broad SMARTS) is 1. The molecule has 0 spiro atoms. The lowest BCUT2D eigenvalue weighted by atomic mass is 10.0. The molecule has 0 heterocycles. The minimum absolute atomic E-state index is 0.0499. The molecular weight excluding hydrogens is 295 g/mol. The van der Waals surface area contributed by atoms with E-state index in [1.807, 2.05) is 0 Å². The summed E-state index contributed by atoms with van der Waals surface area (Å²) in [6, 6.07) is 3.74. The number of alkyl halides is 1. The van der Waals surface area contributed by atoms with E-state index in [-0.39, 0.29) is 17.3 Å². The van der Waals surface area contributed by atoms with Gasteiger partial charge >= 0.3 is 5.97 Å². The van der Waals surface area contributed by atoms with Gasteiger partial charge in [-0.3, -0.25) is 4.79 Å². The molecule has 0 aliphatic heterocycles. The van der Waals surface area contributed by atoms with Crippen molar-refractivity contribution >= 4 is 21.9 Å². The minimum atomic E-state index is -1.34. The van der Waals surface area contributed by atoms with Crippen molar-refractivity contribution in [3.63, 3.8) is 0 Å². The molecule has 3 N–H and O–H groups in total. The zero-order valence-corrected chi connectivity index (χ0v) is 10.4. The maximum absolute atomic E-state index is 13.6. The Morgan fingerprint density at radius 1 is 1.41 bits per heavy atom. The Balaban J connectivity index is 2.93. The highest BCUT2D eigenvalue weighted by atomic mass is 79.9. The molecule has 1 rings (SSSR count). The largest absolute Gasteiger partial charge is 0.481 e.